The molecular weight excluding hydrogens is 292 g/mol. The maximum Gasteiger partial charge on any atom is 0.137 e. The molecule has 3 aromatic rings. The quantitative estimate of drug-likeness (QED) is 0.692. The highest BCUT2D eigenvalue weighted by molar-refractivity contribution is 5.86. The number of hydrogen-bond donors (Lipinski definition) is 0. The lowest BCUT2D eigenvalue weighted by atomic mass is 10.1. The predicted octanol–water partition coefficient (Wildman–Crippen LogP) is 2.08. The molecular formula is C18H15N2O3-. The van der Waals surface area contributed by atoms with E-state index in [1.54, 1.807) is 7.11 Å². The summed E-state index contributed by atoms with van der Waals surface area (Å²) in [7, 11) is 1.61. The van der Waals surface area contributed by atoms with E-state index in [0.717, 1.165) is 28.6 Å². The second kappa shape index (κ2) is 5.96. The Morgan fingerprint density at radius 2 is 1.96 bits per heavy atom. The van der Waals surface area contributed by atoms with Crippen LogP contribution in [0.5, 0.6) is 5.75 Å². The van der Waals surface area contributed by atoms with Crippen LogP contribution in [0.4, 0.5) is 0 Å². The van der Waals surface area contributed by atoms with Crippen LogP contribution >= 0.6 is 0 Å². The summed E-state index contributed by atoms with van der Waals surface area (Å²) in [5.74, 6) is -0.492. The molecule has 0 atom stereocenters. The fourth-order valence-electron chi connectivity index (χ4n) is 2.44. The number of carboxylic acids is 1. The fourth-order valence-corrected chi connectivity index (χ4v) is 2.44. The number of aromatic nitrogens is 2. The molecule has 0 fully saturated rings. The molecule has 23 heavy (non-hydrogen) atoms. The number of ether oxygens (including phenoxy) is 1. The van der Waals surface area contributed by atoms with E-state index in [1.165, 1.54) is 6.08 Å². The zero-order valence-corrected chi connectivity index (χ0v) is 12.8. The summed E-state index contributed by atoms with van der Waals surface area (Å²) in [6, 6.07) is 11.3. The van der Waals surface area contributed by atoms with Crippen molar-refractivity contribution in [2.75, 3.05) is 7.11 Å². The minimum absolute atomic E-state index is 0.693. The number of aryl methyl sites for hydroxylation is 1. The molecule has 0 N–H and O–H groups in total. The smallest absolute Gasteiger partial charge is 0.137 e. The van der Waals surface area contributed by atoms with Crippen molar-refractivity contribution in [3.8, 4) is 17.0 Å². The zero-order chi connectivity index (χ0) is 16.4. The van der Waals surface area contributed by atoms with Crippen LogP contribution in [-0.2, 0) is 4.79 Å². The Labute approximate surface area is 133 Å². The minimum atomic E-state index is -1.24. The maximum absolute atomic E-state index is 10.8. The Kier molecular flexibility index (Phi) is 3.85. The number of pyridine rings is 1. The van der Waals surface area contributed by atoms with Gasteiger partial charge in [-0.05, 0) is 55.0 Å². The van der Waals surface area contributed by atoms with E-state index in [0.29, 0.717) is 11.4 Å². The van der Waals surface area contributed by atoms with E-state index >= 15 is 0 Å². The molecule has 116 valence electrons. The molecule has 2 heterocycles. The number of aliphatic carboxylic acids is 1. The predicted molar refractivity (Wildman–Crippen MR) is 86.0 cm³/mol. The average Bonchev–Trinajstić information content (AvgIpc) is 2.90. The van der Waals surface area contributed by atoms with Crippen LogP contribution in [0, 0.1) is 6.92 Å². The third-order valence-electron chi connectivity index (χ3n) is 3.54. The summed E-state index contributed by atoms with van der Waals surface area (Å²) >= 11 is 0. The number of benzene rings is 1. The second-order valence-corrected chi connectivity index (χ2v) is 5.16. The first-order chi connectivity index (χ1) is 11.1. The lowest BCUT2D eigenvalue weighted by Gasteiger charge is -2.03. The van der Waals surface area contributed by atoms with Crippen molar-refractivity contribution in [3.05, 3.63) is 59.9 Å². The summed E-state index contributed by atoms with van der Waals surface area (Å²) in [4.78, 5) is 15.4. The number of fused-ring (bicyclic) bond motifs is 1. The van der Waals surface area contributed by atoms with Crippen LogP contribution in [0.2, 0.25) is 0 Å². The molecule has 5 nitrogen and oxygen atoms in total. The molecule has 0 spiro atoms. The van der Waals surface area contributed by atoms with Crippen LogP contribution in [-0.4, -0.2) is 22.5 Å². The summed E-state index contributed by atoms with van der Waals surface area (Å²) in [6.45, 7) is 1.97. The van der Waals surface area contributed by atoms with Crippen molar-refractivity contribution in [1.82, 2.24) is 9.38 Å². The van der Waals surface area contributed by atoms with Gasteiger partial charge in [-0.25, -0.2) is 4.98 Å². The summed E-state index contributed by atoms with van der Waals surface area (Å²) in [5, 5.41) is 10.8. The summed E-state index contributed by atoms with van der Waals surface area (Å²) in [5.41, 5.74) is 4.08. The second-order valence-electron chi connectivity index (χ2n) is 5.16. The lowest BCUT2D eigenvalue weighted by molar-refractivity contribution is -0.297. The SMILES string of the molecule is COc1ccc(-c2nc3ccc(C)cn3c2/C=C/C(=O)[O-])cc1. The van der Waals surface area contributed by atoms with Crippen molar-refractivity contribution in [3.63, 3.8) is 0 Å². The number of imidazole rings is 1. The molecule has 0 aliphatic carbocycles. The first kappa shape index (κ1) is 14.8. The van der Waals surface area contributed by atoms with Crippen molar-refractivity contribution < 1.29 is 14.6 Å². The van der Waals surface area contributed by atoms with Gasteiger partial charge in [0.25, 0.3) is 0 Å². The van der Waals surface area contributed by atoms with Crippen LogP contribution in [0.25, 0.3) is 23.0 Å². The zero-order valence-electron chi connectivity index (χ0n) is 12.8. The molecule has 0 saturated heterocycles. The number of hydrogen-bond acceptors (Lipinski definition) is 4. The molecule has 2 aromatic heterocycles. The Morgan fingerprint density at radius 3 is 2.61 bits per heavy atom. The number of methoxy groups -OCH3 is 1. The Morgan fingerprint density at radius 1 is 1.22 bits per heavy atom. The molecule has 0 aliphatic rings. The molecule has 0 amide bonds. The molecule has 0 radical (unpaired) electrons. The monoisotopic (exact) mass is 307 g/mol. The lowest BCUT2D eigenvalue weighted by Crippen LogP contribution is -2.18. The van der Waals surface area contributed by atoms with Gasteiger partial charge in [-0.1, -0.05) is 6.07 Å². The third-order valence-corrected chi connectivity index (χ3v) is 3.54. The molecule has 3 rings (SSSR count). The van der Waals surface area contributed by atoms with Crippen LogP contribution in [0.3, 0.4) is 0 Å². The molecule has 1 aromatic carbocycles. The maximum atomic E-state index is 10.8. The van der Waals surface area contributed by atoms with E-state index in [1.807, 2.05) is 53.9 Å². The number of carbonyl (C=O) groups is 1. The van der Waals surface area contributed by atoms with Gasteiger partial charge in [0.1, 0.15) is 11.4 Å². The van der Waals surface area contributed by atoms with E-state index in [9.17, 15) is 9.90 Å². The topological polar surface area (TPSA) is 66.7 Å². The van der Waals surface area contributed by atoms with Gasteiger partial charge in [-0.15, -0.1) is 0 Å². The van der Waals surface area contributed by atoms with E-state index < -0.39 is 5.97 Å². The molecule has 5 heteroatoms. The highest BCUT2D eigenvalue weighted by Crippen LogP contribution is 2.27. The van der Waals surface area contributed by atoms with Gasteiger partial charge < -0.3 is 14.6 Å². The van der Waals surface area contributed by atoms with Gasteiger partial charge in [-0.2, -0.15) is 0 Å². The normalized spacial score (nSPS) is 11.2. The van der Waals surface area contributed by atoms with Gasteiger partial charge >= 0.3 is 0 Å². The van der Waals surface area contributed by atoms with E-state index in [4.69, 9.17) is 4.74 Å². The van der Waals surface area contributed by atoms with Crippen LogP contribution < -0.4 is 9.84 Å². The average molecular weight is 307 g/mol. The highest BCUT2D eigenvalue weighted by Gasteiger charge is 2.12. The Hall–Kier alpha value is -3.08. The Bertz CT molecular complexity index is 893. The number of nitrogens with zero attached hydrogens (tertiary/aromatic N) is 2. The van der Waals surface area contributed by atoms with Crippen molar-refractivity contribution in [2.45, 2.75) is 6.92 Å². The minimum Gasteiger partial charge on any atom is -0.545 e. The van der Waals surface area contributed by atoms with E-state index in [-0.39, 0.29) is 0 Å². The van der Waals surface area contributed by atoms with Gasteiger partial charge in [0.2, 0.25) is 0 Å². The van der Waals surface area contributed by atoms with Crippen molar-refractivity contribution in [2.24, 2.45) is 0 Å². The number of carboxylic acid groups (broad SMARTS) is 1. The fraction of sp³-hybridized carbons (Fsp3) is 0.111. The molecule has 0 unspecified atom stereocenters. The first-order valence-electron chi connectivity index (χ1n) is 7.10. The van der Waals surface area contributed by atoms with Crippen molar-refractivity contribution >= 4 is 17.7 Å². The van der Waals surface area contributed by atoms with Crippen LogP contribution in [0.1, 0.15) is 11.3 Å². The van der Waals surface area contributed by atoms with E-state index in [2.05, 4.69) is 4.98 Å². The van der Waals surface area contributed by atoms with Gasteiger partial charge in [0.15, 0.2) is 0 Å². The van der Waals surface area contributed by atoms with Gasteiger partial charge in [0.05, 0.1) is 24.5 Å². The van der Waals surface area contributed by atoms with Gasteiger partial charge in [0, 0.05) is 11.8 Å². The molecule has 0 bridgehead atoms. The first-order valence-corrected chi connectivity index (χ1v) is 7.10. The number of rotatable bonds is 4. The van der Waals surface area contributed by atoms with Gasteiger partial charge in [-0.3, -0.25) is 4.40 Å². The standard InChI is InChI=1S/C18H16N2O3/c1-12-3-9-16-19-18(13-4-6-14(23-2)7-5-13)15(20(16)11-12)8-10-17(21)22/h3-11H,1-2H3,(H,21,22)/p-1/b10-8+. The summed E-state index contributed by atoms with van der Waals surface area (Å²) in [6.07, 6.45) is 4.44. The largest absolute Gasteiger partial charge is 0.545 e. The highest BCUT2D eigenvalue weighted by atomic mass is 16.5. The Balaban J connectivity index is 2.21. The third kappa shape index (κ3) is 2.94. The summed E-state index contributed by atoms with van der Waals surface area (Å²) < 4.78 is 7.03. The molecule has 0 saturated carbocycles. The van der Waals surface area contributed by atoms with Crippen molar-refractivity contribution in [1.29, 1.82) is 0 Å². The molecule has 0 aliphatic heterocycles. The van der Waals surface area contributed by atoms with Crippen LogP contribution in [0.15, 0.2) is 48.7 Å². The number of carbonyl (C=O) groups excluding carboxylic acids is 1.